The van der Waals surface area contributed by atoms with Crippen molar-refractivity contribution in [1.82, 2.24) is 5.06 Å². The first kappa shape index (κ1) is 77.0. The van der Waals surface area contributed by atoms with Gasteiger partial charge in [0.2, 0.25) is 5.91 Å². The van der Waals surface area contributed by atoms with Crippen molar-refractivity contribution in [2.24, 2.45) is 22.7 Å². The van der Waals surface area contributed by atoms with Crippen LogP contribution in [0.4, 0.5) is 13.2 Å². The number of halogens is 3. The molecule has 17 heteroatoms. The normalized spacial score (nSPS) is 29.6. The Morgan fingerprint density at radius 3 is 1.29 bits per heavy atom. The number of nitrogens with zero attached hydrogens (tertiary/aromatic N) is 1. The molecule has 4 saturated carbocycles. The number of carbonyl (C=O) groups is 2. The Morgan fingerprint density at radius 2 is 0.966 bits per heavy atom. The number of ether oxygens (including phenoxy) is 1. The van der Waals surface area contributed by atoms with Crippen molar-refractivity contribution in [3.63, 3.8) is 0 Å². The van der Waals surface area contributed by atoms with Crippen LogP contribution in [0.5, 0.6) is 0 Å². The Hall–Kier alpha value is -2.72. The Bertz CT molecular complexity index is 2760. The molecule has 6 aliphatic rings. The average molecular weight is 1320 g/mol. The molecule has 6 aliphatic carbocycles. The van der Waals surface area contributed by atoms with E-state index in [2.05, 4.69) is 199 Å². The van der Waals surface area contributed by atoms with Crippen molar-refractivity contribution < 1.29 is 55.1 Å². The number of amides is 1. The van der Waals surface area contributed by atoms with Gasteiger partial charge >= 0.3 is 12.1 Å². The molecule has 6 rings (SSSR count). The Balaban J connectivity index is 0.000000326. The predicted molar refractivity (Wildman–Crippen MR) is 371 cm³/mol. The number of fused-ring (bicyclic) bond motifs is 2. The fourth-order valence-corrected chi connectivity index (χ4v) is 18.8. The molecule has 2 unspecified atom stereocenters. The number of carboxylic acids is 1. The molecule has 1 amide bonds. The van der Waals surface area contributed by atoms with Crippen LogP contribution in [-0.4, -0.2) is 111 Å². The van der Waals surface area contributed by atoms with Gasteiger partial charge in [-0.05, 0) is 207 Å². The second kappa shape index (κ2) is 28.3. The summed E-state index contributed by atoms with van der Waals surface area (Å²) in [6.45, 7) is 62.9. The molecule has 0 aromatic rings. The molecular formula is C72H122F3NO9Si4. The topological polar surface area (TPSA) is 113 Å². The first-order chi connectivity index (χ1) is 40.3. The van der Waals surface area contributed by atoms with Gasteiger partial charge in [-0.2, -0.15) is 13.2 Å². The summed E-state index contributed by atoms with van der Waals surface area (Å²) >= 11 is 0. The molecule has 0 bridgehead atoms. The maximum absolute atomic E-state index is 13.1. The minimum Gasteiger partial charge on any atom is -0.480 e. The minimum absolute atomic E-state index is 0.00599. The molecule has 0 spiro atoms. The smallest absolute Gasteiger partial charge is 0.408 e. The Labute approximate surface area is 542 Å². The second-order valence-electron chi connectivity index (χ2n) is 33.7. The molecule has 0 saturated heterocycles. The van der Waals surface area contributed by atoms with Gasteiger partial charge in [-0.25, -0.2) is 9.86 Å². The number of hydrogen-bond donors (Lipinski definition) is 1. The summed E-state index contributed by atoms with van der Waals surface area (Å²) in [7, 11) is -8.06. The maximum Gasteiger partial charge on any atom is 0.408 e. The Morgan fingerprint density at radius 1 is 0.618 bits per heavy atom. The summed E-state index contributed by atoms with van der Waals surface area (Å²) in [6, 6.07) is 0. The highest BCUT2D eigenvalue weighted by atomic mass is 28.4. The van der Waals surface area contributed by atoms with Crippen LogP contribution in [0, 0.1) is 22.7 Å². The highest BCUT2D eigenvalue weighted by Gasteiger charge is 2.51. The van der Waals surface area contributed by atoms with Gasteiger partial charge < -0.3 is 27.5 Å². The van der Waals surface area contributed by atoms with E-state index in [4.69, 9.17) is 32.4 Å². The molecular weight excluding hydrogens is 1190 g/mol. The quantitative estimate of drug-likeness (QED) is 0.0814. The van der Waals surface area contributed by atoms with Crippen LogP contribution < -0.4 is 0 Å². The molecule has 0 radical (unpaired) electrons. The summed E-state index contributed by atoms with van der Waals surface area (Å²) in [5.74, 6) is -1.04. The summed E-state index contributed by atoms with van der Waals surface area (Å²) in [6.07, 6.45) is 19.6. The zero-order valence-electron chi connectivity index (χ0n) is 60.2. The monoisotopic (exact) mass is 1310 g/mol. The van der Waals surface area contributed by atoms with E-state index in [9.17, 15) is 22.8 Å². The molecule has 0 aromatic heterocycles. The van der Waals surface area contributed by atoms with Crippen LogP contribution in [-0.2, 0) is 36.9 Å². The van der Waals surface area contributed by atoms with E-state index in [0.29, 0.717) is 11.0 Å². The lowest BCUT2D eigenvalue weighted by Crippen LogP contribution is -2.49. The SMILES string of the molecule is C=C1C(=CC=C2CCC[C@]3(C)C([C@H](C)OCC(=O)O)=CCC23)C[C@@H](O[Si](C)(C)C(C)(C)C)C[C@@H]1O[Si](C)(C)C(C)(C)C.C=C1C(=CC=C2CCC[C@]3(C)C([C@H](C)ON(CC(F)(F)F)C(C)=O)=CCC23)C[C@@H](O[Si](C)(C)C(C)(C)C)C[C@@H]1O[Si](C)(C)C(C)(C)C. The first-order valence-corrected chi connectivity index (χ1v) is 45.1. The summed E-state index contributed by atoms with van der Waals surface area (Å²) < 4.78 is 73.2. The fourth-order valence-electron chi connectivity index (χ4n) is 13.4. The van der Waals surface area contributed by atoms with Gasteiger partial charge in [0.15, 0.2) is 33.3 Å². The molecule has 506 valence electrons. The van der Waals surface area contributed by atoms with Crippen molar-refractivity contribution in [3.05, 3.63) is 94.2 Å². The van der Waals surface area contributed by atoms with Gasteiger partial charge in [0.05, 0.1) is 30.5 Å². The summed E-state index contributed by atoms with van der Waals surface area (Å²) in [4.78, 5) is 28.8. The van der Waals surface area contributed by atoms with Crippen LogP contribution in [0.1, 0.15) is 195 Å². The molecule has 1 N–H and O–H groups in total. The minimum atomic E-state index is -4.54. The third-order valence-electron chi connectivity index (χ3n) is 23.0. The zero-order valence-corrected chi connectivity index (χ0v) is 64.2. The molecule has 0 heterocycles. The third kappa shape index (κ3) is 18.8. The van der Waals surface area contributed by atoms with E-state index in [1.165, 1.54) is 27.9 Å². The molecule has 10 atom stereocenters. The lowest BCUT2D eigenvalue weighted by atomic mass is 9.63. The molecule has 10 nitrogen and oxygen atoms in total. The van der Waals surface area contributed by atoms with Crippen molar-refractivity contribution in [1.29, 1.82) is 0 Å². The number of alkyl halides is 3. The van der Waals surface area contributed by atoms with Crippen LogP contribution in [0.15, 0.2) is 94.2 Å². The molecule has 0 aliphatic heterocycles. The lowest BCUT2D eigenvalue weighted by Gasteiger charge is -2.45. The van der Waals surface area contributed by atoms with Crippen LogP contribution in [0.2, 0.25) is 72.5 Å². The lowest BCUT2D eigenvalue weighted by molar-refractivity contribution is -0.242. The molecule has 4 fully saturated rings. The fraction of sp³-hybridized carbons (Fsp3) is 0.750. The van der Waals surface area contributed by atoms with Gasteiger partial charge in [0.1, 0.15) is 19.3 Å². The van der Waals surface area contributed by atoms with Gasteiger partial charge in [-0.1, -0.05) is 158 Å². The van der Waals surface area contributed by atoms with Gasteiger partial charge in [0, 0.05) is 19.8 Å². The number of rotatable bonds is 18. The first-order valence-electron chi connectivity index (χ1n) is 33.4. The number of aliphatic carboxylic acids is 1. The van der Waals surface area contributed by atoms with E-state index >= 15 is 0 Å². The number of hydrogen-bond acceptors (Lipinski definition) is 8. The average Bonchev–Trinajstić information content (AvgIpc) is 1.72. The van der Waals surface area contributed by atoms with Gasteiger partial charge in [-0.15, -0.1) is 0 Å². The predicted octanol–water partition coefficient (Wildman–Crippen LogP) is 20.4. The zero-order chi connectivity index (χ0) is 67.9. The van der Waals surface area contributed by atoms with E-state index < -0.39 is 64.0 Å². The van der Waals surface area contributed by atoms with Crippen molar-refractivity contribution in [3.8, 4) is 0 Å². The third-order valence-corrected chi connectivity index (χ3v) is 41.0. The van der Waals surface area contributed by atoms with E-state index in [1.807, 2.05) is 6.92 Å². The van der Waals surface area contributed by atoms with Crippen LogP contribution in [0.25, 0.3) is 0 Å². The van der Waals surface area contributed by atoms with Crippen molar-refractivity contribution >= 4 is 45.1 Å². The van der Waals surface area contributed by atoms with Crippen LogP contribution in [0.3, 0.4) is 0 Å². The van der Waals surface area contributed by atoms with Crippen LogP contribution >= 0.6 is 0 Å². The number of carbonyl (C=O) groups excluding carboxylic acids is 1. The maximum atomic E-state index is 13.1. The van der Waals surface area contributed by atoms with E-state index in [0.717, 1.165) is 101 Å². The summed E-state index contributed by atoms with van der Waals surface area (Å²) in [5.41, 5.74) is 9.41. The second-order valence-corrected chi connectivity index (χ2v) is 52.8. The standard InChI is InChI=1S/C37H62F3NO4Si2.C35H60O5Si2/c1-25-29(22-30(44-46(11,12)34(4,5)6)23-33(25)45-47(13,14)35(7,8)9)18-17-28-16-15-21-36(10)31(19-20-32(28)36)26(2)43-41(27(3)42)24-37(38,39)40;1-24-27(17-16-26-15-14-20-35(9)29(18-19-30(26)35)25(2)38-23-32(36)37)21-28(39-41(10,11)33(3,4)5)22-31(24)40-42(12,13)34(6,7)8/h17-19,26,30,32-33H,1,15-16,20-24H2,2-14H3;16-18,25,28,30-31H,1,14-15,19-23H2,2-13H3,(H,36,37)/t26-,30+,32?,33-,36+;25-,28+,30?,31-,35+/m00/s1. The molecule has 0 aromatic carbocycles. The highest BCUT2D eigenvalue weighted by Crippen LogP contribution is 2.58. The van der Waals surface area contributed by atoms with Gasteiger partial charge in [0.25, 0.3) is 0 Å². The van der Waals surface area contributed by atoms with Gasteiger partial charge in [-0.3, -0.25) is 9.63 Å². The highest BCUT2D eigenvalue weighted by molar-refractivity contribution is 6.75. The number of hydroxylamine groups is 2. The van der Waals surface area contributed by atoms with E-state index in [1.54, 1.807) is 6.92 Å². The summed E-state index contributed by atoms with van der Waals surface area (Å²) in [5, 5.41) is 10.0. The van der Waals surface area contributed by atoms with Crippen molar-refractivity contribution in [2.75, 3.05) is 13.2 Å². The largest absolute Gasteiger partial charge is 0.480 e. The number of allylic oxidation sites excluding steroid dienone is 8. The van der Waals surface area contributed by atoms with E-state index in [-0.39, 0.29) is 74.0 Å². The molecule has 89 heavy (non-hydrogen) atoms. The van der Waals surface area contributed by atoms with Crippen molar-refractivity contribution in [2.45, 2.75) is 310 Å². The Kier molecular flexibility index (Phi) is 24.5. The number of carboxylic acid groups (broad SMARTS) is 1.